The van der Waals surface area contributed by atoms with Crippen LogP contribution in [0, 0.1) is 5.92 Å². The number of amides is 1. The fraction of sp³-hybridized carbons (Fsp3) is 0.462. The van der Waals surface area contributed by atoms with Crippen LogP contribution in [0.15, 0.2) is 24.3 Å². The van der Waals surface area contributed by atoms with Gasteiger partial charge in [-0.25, -0.2) is 0 Å². The maximum atomic E-state index is 12.0. The molecule has 4 nitrogen and oxygen atoms in total. The molecule has 1 aliphatic rings. The van der Waals surface area contributed by atoms with Gasteiger partial charge in [0, 0.05) is 12.2 Å². The van der Waals surface area contributed by atoms with Crippen molar-refractivity contribution in [1.29, 1.82) is 0 Å². The molecular formula is C13H16F2N2O2. The molecule has 0 aromatic heterocycles. The van der Waals surface area contributed by atoms with Gasteiger partial charge in [0.15, 0.2) is 0 Å². The van der Waals surface area contributed by atoms with Gasteiger partial charge in [-0.3, -0.25) is 4.79 Å². The van der Waals surface area contributed by atoms with Crippen molar-refractivity contribution in [3.05, 3.63) is 24.3 Å². The van der Waals surface area contributed by atoms with Gasteiger partial charge in [0.25, 0.3) is 0 Å². The molecule has 1 fully saturated rings. The SMILES string of the molecule is O=C(Nc1ccc(OC(F)F)cc1)C1CCCNC1. The van der Waals surface area contributed by atoms with Gasteiger partial charge in [0.05, 0.1) is 5.92 Å². The molecule has 2 rings (SSSR count). The number of halogens is 2. The van der Waals surface area contributed by atoms with Crippen LogP contribution in [0.3, 0.4) is 0 Å². The van der Waals surface area contributed by atoms with E-state index in [2.05, 4.69) is 15.4 Å². The lowest BCUT2D eigenvalue weighted by molar-refractivity contribution is -0.120. The molecule has 1 aliphatic heterocycles. The molecule has 0 radical (unpaired) electrons. The minimum absolute atomic E-state index is 0.0364. The van der Waals surface area contributed by atoms with E-state index in [4.69, 9.17) is 0 Å². The predicted molar refractivity (Wildman–Crippen MR) is 67.3 cm³/mol. The molecule has 2 N–H and O–H groups in total. The van der Waals surface area contributed by atoms with Crippen LogP contribution in [0.1, 0.15) is 12.8 Å². The Bertz CT molecular complexity index is 417. The van der Waals surface area contributed by atoms with Crippen molar-refractivity contribution in [1.82, 2.24) is 5.32 Å². The van der Waals surface area contributed by atoms with E-state index in [0.29, 0.717) is 12.2 Å². The Kier molecular flexibility index (Phi) is 4.68. The summed E-state index contributed by atoms with van der Waals surface area (Å²) in [4.78, 5) is 11.9. The second-order valence-corrected chi connectivity index (χ2v) is 4.44. The zero-order chi connectivity index (χ0) is 13.7. The van der Waals surface area contributed by atoms with Crippen LogP contribution in [-0.4, -0.2) is 25.6 Å². The van der Waals surface area contributed by atoms with Gasteiger partial charge in [-0.05, 0) is 43.7 Å². The van der Waals surface area contributed by atoms with E-state index in [1.807, 2.05) is 0 Å². The number of rotatable bonds is 4. The third kappa shape index (κ3) is 4.17. The first-order valence-corrected chi connectivity index (χ1v) is 6.21. The fourth-order valence-electron chi connectivity index (χ4n) is 2.04. The Morgan fingerprint density at radius 1 is 1.37 bits per heavy atom. The zero-order valence-electron chi connectivity index (χ0n) is 10.4. The summed E-state index contributed by atoms with van der Waals surface area (Å²) in [6, 6.07) is 5.90. The second-order valence-electron chi connectivity index (χ2n) is 4.44. The van der Waals surface area contributed by atoms with E-state index >= 15 is 0 Å². The molecule has 19 heavy (non-hydrogen) atoms. The lowest BCUT2D eigenvalue weighted by atomic mass is 9.99. The van der Waals surface area contributed by atoms with Crippen molar-refractivity contribution in [3.63, 3.8) is 0 Å². The summed E-state index contributed by atoms with van der Waals surface area (Å²) < 4.78 is 28.2. The normalized spacial score (nSPS) is 19.2. The molecule has 1 heterocycles. The highest BCUT2D eigenvalue weighted by Gasteiger charge is 2.20. The van der Waals surface area contributed by atoms with E-state index in [0.717, 1.165) is 19.4 Å². The van der Waals surface area contributed by atoms with Crippen molar-refractivity contribution in [3.8, 4) is 5.75 Å². The Hall–Kier alpha value is -1.69. The third-order valence-corrected chi connectivity index (χ3v) is 3.01. The number of anilines is 1. The molecule has 0 bridgehead atoms. The Morgan fingerprint density at radius 3 is 2.68 bits per heavy atom. The van der Waals surface area contributed by atoms with Gasteiger partial charge in [-0.15, -0.1) is 0 Å². The topological polar surface area (TPSA) is 50.4 Å². The van der Waals surface area contributed by atoms with Gasteiger partial charge in [0.2, 0.25) is 5.91 Å². The minimum Gasteiger partial charge on any atom is -0.435 e. The number of alkyl halides is 2. The number of hydrogen-bond acceptors (Lipinski definition) is 3. The lowest BCUT2D eigenvalue weighted by Gasteiger charge is -2.21. The largest absolute Gasteiger partial charge is 0.435 e. The summed E-state index contributed by atoms with van der Waals surface area (Å²) in [6.07, 6.45) is 1.85. The van der Waals surface area contributed by atoms with Crippen molar-refractivity contribution in [2.45, 2.75) is 19.5 Å². The number of piperidine rings is 1. The molecule has 0 spiro atoms. The summed E-state index contributed by atoms with van der Waals surface area (Å²) >= 11 is 0. The van der Waals surface area contributed by atoms with Crippen molar-refractivity contribution < 1.29 is 18.3 Å². The van der Waals surface area contributed by atoms with Gasteiger partial charge < -0.3 is 15.4 Å². The Balaban J connectivity index is 1.89. The van der Waals surface area contributed by atoms with Crippen LogP contribution >= 0.6 is 0 Å². The molecular weight excluding hydrogens is 254 g/mol. The molecule has 1 aromatic carbocycles. The van der Waals surface area contributed by atoms with Crippen LogP contribution in [0.5, 0.6) is 5.75 Å². The first-order valence-electron chi connectivity index (χ1n) is 6.21. The summed E-state index contributed by atoms with van der Waals surface area (Å²) in [6.45, 7) is -1.21. The van der Waals surface area contributed by atoms with E-state index in [1.165, 1.54) is 12.1 Å². The van der Waals surface area contributed by atoms with Gasteiger partial charge in [0.1, 0.15) is 5.75 Å². The zero-order valence-corrected chi connectivity index (χ0v) is 10.4. The number of ether oxygens (including phenoxy) is 1. The van der Waals surface area contributed by atoms with Crippen molar-refractivity contribution in [2.75, 3.05) is 18.4 Å². The Morgan fingerprint density at radius 2 is 2.11 bits per heavy atom. The Labute approximate surface area is 110 Å². The van der Waals surface area contributed by atoms with Crippen LogP contribution in [0.25, 0.3) is 0 Å². The molecule has 1 atom stereocenters. The molecule has 1 unspecified atom stereocenters. The molecule has 0 saturated carbocycles. The lowest BCUT2D eigenvalue weighted by Crippen LogP contribution is -2.37. The van der Waals surface area contributed by atoms with Gasteiger partial charge in [-0.1, -0.05) is 0 Å². The summed E-state index contributed by atoms with van der Waals surface area (Å²) in [7, 11) is 0. The average molecular weight is 270 g/mol. The van der Waals surface area contributed by atoms with Crippen LogP contribution < -0.4 is 15.4 Å². The fourth-order valence-corrected chi connectivity index (χ4v) is 2.04. The van der Waals surface area contributed by atoms with E-state index in [-0.39, 0.29) is 17.6 Å². The monoisotopic (exact) mass is 270 g/mol. The summed E-state index contributed by atoms with van der Waals surface area (Å²) in [5.74, 6) is -0.00667. The minimum atomic E-state index is -2.84. The molecule has 6 heteroatoms. The maximum Gasteiger partial charge on any atom is 0.387 e. The number of hydrogen-bond donors (Lipinski definition) is 2. The van der Waals surface area contributed by atoms with E-state index in [1.54, 1.807) is 12.1 Å². The molecule has 0 aliphatic carbocycles. The predicted octanol–water partition coefficient (Wildman–Crippen LogP) is 2.23. The van der Waals surface area contributed by atoms with E-state index < -0.39 is 6.61 Å². The van der Waals surface area contributed by atoms with Crippen molar-refractivity contribution in [2.24, 2.45) is 5.92 Å². The van der Waals surface area contributed by atoms with Crippen LogP contribution in [0.2, 0.25) is 0 Å². The molecule has 104 valence electrons. The third-order valence-electron chi connectivity index (χ3n) is 3.01. The number of benzene rings is 1. The first-order chi connectivity index (χ1) is 9.15. The maximum absolute atomic E-state index is 12.0. The molecule has 1 amide bonds. The molecule has 1 saturated heterocycles. The number of nitrogens with one attached hydrogen (secondary N) is 2. The highest BCUT2D eigenvalue weighted by Crippen LogP contribution is 2.19. The van der Waals surface area contributed by atoms with Gasteiger partial charge in [-0.2, -0.15) is 8.78 Å². The standard InChI is InChI=1S/C13H16F2N2O2/c14-13(15)19-11-5-3-10(4-6-11)17-12(18)9-2-1-7-16-8-9/h3-6,9,13,16H,1-2,7-8H2,(H,17,18). The highest BCUT2D eigenvalue weighted by molar-refractivity contribution is 5.92. The number of carbonyl (C=O) groups excluding carboxylic acids is 1. The van der Waals surface area contributed by atoms with Crippen LogP contribution in [-0.2, 0) is 4.79 Å². The highest BCUT2D eigenvalue weighted by atomic mass is 19.3. The van der Waals surface area contributed by atoms with Crippen molar-refractivity contribution >= 4 is 11.6 Å². The second kappa shape index (κ2) is 6.47. The molecule has 1 aromatic rings. The smallest absolute Gasteiger partial charge is 0.387 e. The van der Waals surface area contributed by atoms with Gasteiger partial charge >= 0.3 is 6.61 Å². The quantitative estimate of drug-likeness (QED) is 0.882. The van der Waals surface area contributed by atoms with Crippen LogP contribution in [0.4, 0.5) is 14.5 Å². The average Bonchev–Trinajstić information content (AvgIpc) is 2.41. The summed E-state index contributed by atoms with van der Waals surface area (Å²) in [5.41, 5.74) is 0.581. The van der Waals surface area contributed by atoms with E-state index in [9.17, 15) is 13.6 Å². The first kappa shape index (κ1) is 13.7. The number of carbonyl (C=O) groups is 1. The summed E-state index contributed by atoms with van der Waals surface area (Å²) in [5, 5.41) is 5.94.